The Bertz CT molecular complexity index is 453. The Morgan fingerprint density at radius 2 is 1.50 bits per heavy atom. The molecule has 2 aromatic carbocycles. The third kappa shape index (κ3) is 2.03. The number of benzene rings is 2. The maximum atomic E-state index is 9.71. The van der Waals surface area contributed by atoms with Gasteiger partial charge in [-0.2, -0.15) is 0 Å². The Balaban J connectivity index is 2.44. The molecule has 3 heteroatoms. The summed E-state index contributed by atoms with van der Waals surface area (Å²) in [5.74, 6) is 0.190. The van der Waals surface area contributed by atoms with Crippen LogP contribution in [0.2, 0.25) is 5.02 Å². The maximum absolute atomic E-state index is 9.71. The van der Waals surface area contributed by atoms with Crippen LogP contribution in [0.1, 0.15) is 17.2 Å². The lowest BCUT2D eigenvalue weighted by Crippen LogP contribution is -2.12. The van der Waals surface area contributed by atoms with Crippen molar-refractivity contribution in [2.24, 2.45) is 5.73 Å². The molecule has 0 radical (unpaired) electrons. The van der Waals surface area contributed by atoms with Crippen molar-refractivity contribution in [3.05, 3.63) is 64.7 Å². The number of rotatable bonds is 2. The molecule has 0 amide bonds. The molecule has 2 rings (SSSR count). The molecule has 0 saturated carbocycles. The number of halogens is 1. The fourth-order valence-electron chi connectivity index (χ4n) is 1.65. The van der Waals surface area contributed by atoms with Gasteiger partial charge in [0.15, 0.2) is 0 Å². The Morgan fingerprint density at radius 3 is 2.12 bits per heavy atom. The van der Waals surface area contributed by atoms with Gasteiger partial charge in [0.05, 0.1) is 6.04 Å². The molecule has 0 fully saturated rings. The molecule has 0 aliphatic rings. The molecule has 3 N–H and O–H groups in total. The van der Waals surface area contributed by atoms with E-state index in [1.54, 1.807) is 24.3 Å². The first-order valence-electron chi connectivity index (χ1n) is 4.98. The van der Waals surface area contributed by atoms with Crippen LogP contribution >= 0.6 is 11.6 Å². The zero-order chi connectivity index (χ0) is 11.5. The van der Waals surface area contributed by atoms with Crippen molar-refractivity contribution in [2.45, 2.75) is 6.04 Å². The second kappa shape index (κ2) is 4.56. The van der Waals surface area contributed by atoms with Crippen molar-refractivity contribution in [1.29, 1.82) is 0 Å². The summed E-state index contributed by atoms with van der Waals surface area (Å²) in [5, 5.41) is 10.3. The molecule has 2 aromatic rings. The van der Waals surface area contributed by atoms with Crippen molar-refractivity contribution in [3.8, 4) is 5.75 Å². The van der Waals surface area contributed by atoms with E-state index < -0.39 is 6.04 Å². The molecule has 0 bridgehead atoms. The third-order valence-corrected chi connectivity index (χ3v) is 2.86. The van der Waals surface area contributed by atoms with Gasteiger partial charge in [-0.05, 0) is 17.7 Å². The van der Waals surface area contributed by atoms with Gasteiger partial charge in [0.1, 0.15) is 5.75 Å². The van der Waals surface area contributed by atoms with Crippen molar-refractivity contribution in [3.63, 3.8) is 0 Å². The van der Waals surface area contributed by atoms with E-state index in [4.69, 9.17) is 17.3 Å². The van der Waals surface area contributed by atoms with Gasteiger partial charge < -0.3 is 10.8 Å². The second-order valence-electron chi connectivity index (χ2n) is 3.56. The SMILES string of the molecule is N[C@H](c1ccccc1O)c1ccccc1Cl. The lowest BCUT2D eigenvalue weighted by atomic mass is 9.99. The van der Waals surface area contributed by atoms with E-state index >= 15 is 0 Å². The van der Waals surface area contributed by atoms with Crippen LogP contribution < -0.4 is 5.73 Å². The van der Waals surface area contributed by atoms with Crippen LogP contribution in [0.4, 0.5) is 0 Å². The van der Waals surface area contributed by atoms with Crippen LogP contribution in [0.5, 0.6) is 5.75 Å². The Labute approximate surface area is 99.3 Å². The summed E-state index contributed by atoms with van der Waals surface area (Å²) in [6, 6.07) is 14.0. The zero-order valence-corrected chi connectivity index (χ0v) is 9.35. The predicted octanol–water partition coefficient (Wildman–Crippen LogP) is 3.09. The lowest BCUT2D eigenvalue weighted by Gasteiger charge is -2.15. The fourth-order valence-corrected chi connectivity index (χ4v) is 1.90. The standard InChI is InChI=1S/C13H12ClNO/c14-11-7-3-1-5-9(11)13(15)10-6-2-4-8-12(10)16/h1-8,13,16H,15H2/t13-/m0/s1. The van der Waals surface area contributed by atoms with E-state index in [9.17, 15) is 5.11 Å². The average Bonchev–Trinajstić information content (AvgIpc) is 2.29. The van der Waals surface area contributed by atoms with Crippen LogP contribution in [-0.2, 0) is 0 Å². The first kappa shape index (κ1) is 11.0. The van der Waals surface area contributed by atoms with Gasteiger partial charge in [0.25, 0.3) is 0 Å². The number of nitrogens with two attached hydrogens (primary N) is 1. The van der Waals surface area contributed by atoms with E-state index in [1.807, 2.05) is 24.3 Å². The van der Waals surface area contributed by atoms with Gasteiger partial charge in [0, 0.05) is 10.6 Å². The number of hydrogen-bond donors (Lipinski definition) is 2. The minimum atomic E-state index is -0.408. The highest BCUT2D eigenvalue weighted by Crippen LogP contribution is 2.30. The fraction of sp³-hybridized carbons (Fsp3) is 0.0769. The van der Waals surface area contributed by atoms with Crippen LogP contribution in [-0.4, -0.2) is 5.11 Å². The molecule has 0 aliphatic heterocycles. The minimum Gasteiger partial charge on any atom is -0.508 e. The highest BCUT2D eigenvalue weighted by atomic mass is 35.5. The largest absolute Gasteiger partial charge is 0.508 e. The highest BCUT2D eigenvalue weighted by Gasteiger charge is 2.14. The van der Waals surface area contributed by atoms with E-state index in [0.29, 0.717) is 10.6 Å². The molecule has 1 atom stereocenters. The quantitative estimate of drug-likeness (QED) is 0.837. The number of aromatic hydroxyl groups is 1. The monoisotopic (exact) mass is 233 g/mol. The molecule has 2 nitrogen and oxygen atoms in total. The van der Waals surface area contributed by atoms with Crippen LogP contribution in [0, 0.1) is 0 Å². The minimum absolute atomic E-state index is 0.190. The smallest absolute Gasteiger partial charge is 0.120 e. The van der Waals surface area contributed by atoms with Gasteiger partial charge in [-0.15, -0.1) is 0 Å². The van der Waals surface area contributed by atoms with Crippen molar-refractivity contribution in [2.75, 3.05) is 0 Å². The summed E-state index contributed by atoms with van der Waals surface area (Å²) in [7, 11) is 0. The van der Waals surface area contributed by atoms with E-state index in [1.165, 1.54) is 0 Å². The van der Waals surface area contributed by atoms with Crippen LogP contribution in [0.25, 0.3) is 0 Å². The Morgan fingerprint density at radius 1 is 0.938 bits per heavy atom. The molecular weight excluding hydrogens is 222 g/mol. The predicted molar refractivity (Wildman–Crippen MR) is 65.6 cm³/mol. The summed E-state index contributed by atoms with van der Waals surface area (Å²) >= 11 is 6.06. The topological polar surface area (TPSA) is 46.2 Å². The second-order valence-corrected chi connectivity index (χ2v) is 3.97. The molecule has 0 aliphatic carbocycles. The maximum Gasteiger partial charge on any atom is 0.120 e. The number of phenolic OH excluding ortho intramolecular Hbond substituents is 1. The van der Waals surface area contributed by atoms with Gasteiger partial charge in [-0.1, -0.05) is 48.0 Å². The first-order chi connectivity index (χ1) is 7.70. The van der Waals surface area contributed by atoms with Gasteiger partial charge in [-0.25, -0.2) is 0 Å². The molecule has 0 unspecified atom stereocenters. The molecular formula is C13H12ClNO. The molecule has 0 saturated heterocycles. The zero-order valence-electron chi connectivity index (χ0n) is 8.60. The summed E-state index contributed by atoms with van der Waals surface area (Å²) in [6.45, 7) is 0. The first-order valence-corrected chi connectivity index (χ1v) is 5.36. The number of hydrogen-bond acceptors (Lipinski definition) is 2. The highest BCUT2D eigenvalue weighted by molar-refractivity contribution is 6.31. The normalized spacial score (nSPS) is 12.4. The van der Waals surface area contributed by atoms with Gasteiger partial charge in [-0.3, -0.25) is 0 Å². The molecule has 0 heterocycles. The Hall–Kier alpha value is -1.51. The summed E-state index contributed by atoms with van der Waals surface area (Å²) in [5.41, 5.74) is 7.56. The van der Waals surface area contributed by atoms with E-state index in [-0.39, 0.29) is 5.75 Å². The molecule has 82 valence electrons. The Kier molecular flexibility index (Phi) is 3.13. The lowest BCUT2D eigenvalue weighted by molar-refractivity contribution is 0.465. The van der Waals surface area contributed by atoms with Crippen molar-refractivity contribution >= 4 is 11.6 Å². The van der Waals surface area contributed by atoms with Crippen LogP contribution in [0.3, 0.4) is 0 Å². The van der Waals surface area contributed by atoms with Crippen molar-refractivity contribution in [1.82, 2.24) is 0 Å². The average molecular weight is 234 g/mol. The summed E-state index contributed by atoms with van der Waals surface area (Å²) in [4.78, 5) is 0. The summed E-state index contributed by atoms with van der Waals surface area (Å²) in [6.07, 6.45) is 0. The molecule has 0 spiro atoms. The summed E-state index contributed by atoms with van der Waals surface area (Å²) < 4.78 is 0. The van der Waals surface area contributed by atoms with Gasteiger partial charge in [0.2, 0.25) is 0 Å². The molecule has 0 aromatic heterocycles. The van der Waals surface area contributed by atoms with E-state index in [2.05, 4.69) is 0 Å². The van der Waals surface area contributed by atoms with Crippen molar-refractivity contribution < 1.29 is 5.11 Å². The van der Waals surface area contributed by atoms with E-state index in [0.717, 1.165) is 5.56 Å². The molecule has 16 heavy (non-hydrogen) atoms. The third-order valence-electron chi connectivity index (χ3n) is 2.51. The number of para-hydroxylation sites is 1. The van der Waals surface area contributed by atoms with Gasteiger partial charge >= 0.3 is 0 Å². The number of phenols is 1. The van der Waals surface area contributed by atoms with Crippen LogP contribution in [0.15, 0.2) is 48.5 Å².